The summed E-state index contributed by atoms with van der Waals surface area (Å²) in [6.45, 7) is 0.536. The Morgan fingerprint density at radius 2 is 1.70 bits per heavy atom. The van der Waals surface area contributed by atoms with Crippen molar-refractivity contribution < 1.29 is 18.8 Å². The minimum absolute atomic E-state index is 0.165. The van der Waals surface area contributed by atoms with Crippen LogP contribution in [0.1, 0.15) is 32.0 Å². The van der Waals surface area contributed by atoms with E-state index in [2.05, 4.69) is 16.0 Å². The van der Waals surface area contributed by atoms with Crippen LogP contribution in [-0.2, 0) is 11.3 Å². The molecule has 1 aromatic heterocycles. The van der Waals surface area contributed by atoms with Gasteiger partial charge in [0, 0.05) is 30.8 Å². The molecule has 3 N–H and O–H groups in total. The largest absolute Gasteiger partial charge is 0.352 e. The van der Waals surface area contributed by atoms with Crippen LogP contribution in [0.15, 0.2) is 66.0 Å². The maximum absolute atomic E-state index is 13.0. The van der Waals surface area contributed by atoms with Gasteiger partial charge in [-0.2, -0.15) is 0 Å². The van der Waals surface area contributed by atoms with Crippen molar-refractivity contribution in [3.63, 3.8) is 0 Å². The Balaban J connectivity index is 1.44. The standard InChI is InChI=1S/C22H20FN3O3S/c23-17-8-6-16(7-9-17)21(28)26-18-4-1-3-15(13-18)14-25-20(27)10-11-24-22(29)19-5-2-12-30-19/h1-9,12-13H,10-11,14H2,(H,24,29)(H,25,27)(H,26,28). The van der Waals surface area contributed by atoms with Crippen LogP contribution >= 0.6 is 11.3 Å². The van der Waals surface area contributed by atoms with E-state index in [4.69, 9.17) is 0 Å². The molecule has 6 nitrogen and oxygen atoms in total. The van der Waals surface area contributed by atoms with E-state index in [-0.39, 0.29) is 37.2 Å². The molecule has 0 radical (unpaired) electrons. The average molecular weight is 425 g/mol. The van der Waals surface area contributed by atoms with Crippen LogP contribution in [0.5, 0.6) is 0 Å². The maximum atomic E-state index is 13.0. The Kier molecular flexibility index (Phi) is 7.29. The summed E-state index contributed by atoms with van der Waals surface area (Å²) >= 11 is 1.34. The quantitative estimate of drug-likeness (QED) is 0.516. The summed E-state index contributed by atoms with van der Waals surface area (Å²) in [5.41, 5.74) is 1.72. The van der Waals surface area contributed by atoms with E-state index in [1.54, 1.807) is 30.3 Å². The number of benzene rings is 2. The monoisotopic (exact) mass is 425 g/mol. The average Bonchev–Trinajstić information content (AvgIpc) is 3.28. The van der Waals surface area contributed by atoms with E-state index in [1.165, 1.54) is 35.6 Å². The van der Waals surface area contributed by atoms with Gasteiger partial charge in [-0.25, -0.2) is 4.39 Å². The molecule has 8 heteroatoms. The van der Waals surface area contributed by atoms with Crippen LogP contribution in [0.3, 0.4) is 0 Å². The van der Waals surface area contributed by atoms with Crippen molar-refractivity contribution in [2.24, 2.45) is 0 Å². The Morgan fingerprint density at radius 3 is 2.43 bits per heavy atom. The van der Waals surface area contributed by atoms with Gasteiger partial charge in [0.1, 0.15) is 5.82 Å². The summed E-state index contributed by atoms with van der Waals surface area (Å²) in [4.78, 5) is 36.7. The van der Waals surface area contributed by atoms with Crippen molar-refractivity contribution in [3.8, 4) is 0 Å². The number of halogens is 1. The van der Waals surface area contributed by atoms with Gasteiger partial charge in [-0.3, -0.25) is 14.4 Å². The second-order valence-electron chi connectivity index (χ2n) is 6.42. The number of rotatable bonds is 8. The van der Waals surface area contributed by atoms with E-state index >= 15 is 0 Å². The van der Waals surface area contributed by atoms with Crippen molar-refractivity contribution in [3.05, 3.63) is 87.9 Å². The molecule has 3 rings (SSSR count). The minimum Gasteiger partial charge on any atom is -0.352 e. The number of hydrogen-bond acceptors (Lipinski definition) is 4. The lowest BCUT2D eigenvalue weighted by atomic mass is 10.1. The van der Waals surface area contributed by atoms with Gasteiger partial charge in [-0.05, 0) is 53.4 Å². The fraction of sp³-hybridized carbons (Fsp3) is 0.136. The second-order valence-corrected chi connectivity index (χ2v) is 7.37. The van der Waals surface area contributed by atoms with E-state index < -0.39 is 5.82 Å². The van der Waals surface area contributed by atoms with Crippen LogP contribution in [-0.4, -0.2) is 24.3 Å². The Labute approximate surface area is 177 Å². The van der Waals surface area contributed by atoms with Crippen molar-refractivity contribution >= 4 is 34.7 Å². The molecule has 0 aliphatic carbocycles. The molecule has 0 unspecified atom stereocenters. The zero-order valence-corrected chi connectivity index (χ0v) is 16.8. The van der Waals surface area contributed by atoms with Gasteiger partial charge in [-0.15, -0.1) is 11.3 Å². The van der Waals surface area contributed by atoms with Crippen LogP contribution in [0.25, 0.3) is 0 Å². The molecule has 0 fully saturated rings. The molecule has 0 aliphatic rings. The Bertz CT molecular complexity index is 1020. The van der Waals surface area contributed by atoms with Crippen LogP contribution in [0.4, 0.5) is 10.1 Å². The highest BCUT2D eigenvalue weighted by atomic mass is 32.1. The van der Waals surface area contributed by atoms with Gasteiger partial charge in [0.25, 0.3) is 11.8 Å². The molecule has 0 atom stereocenters. The first-order valence-corrected chi connectivity index (χ1v) is 10.1. The molecule has 3 amide bonds. The molecular formula is C22H20FN3O3S. The minimum atomic E-state index is -0.407. The highest BCUT2D eigenvalue weighted by molar-refractivity contribution is 7.12. The number of nitrogens with one attached hydrogen (secondary N) is 3. The van der Waals surface area contributed by atoms with Gasteiger partial charge in [0.05, 0.1) is 4.88 Å². The number of anilines is 1. The van der Waals surface area contributed by atoms with Crippen molar-refractivity contribution in [2.45, 2.75) is 13.0 Å². The smallest absolute Gasteiger partial charge is 0.261 e. The van der Waals surface area contributed by atoms with Crippen LogP contribution in [0, 0.1) is 5.82 Å². The van der Waals surface area contributed by atoms with Gasteiger partial charge in [0.15, 0.2) is 0 Å². The first-order valence-electron chi connectivity index (χ1n) is 9.25. The molecular weight excluding hydrogens is 405 g/mol. The third-order valence-electron chi connectivity index (χ3n) is 4.16. The zero-order chi connectivity index (χ0) is 21.3. The predicted molar refractivity (Wildman–Crippen MR) is 114 cm³/mol. The lowest BCUT2D eigenvalue weighted by molar-refractivity contribution is -0.121. The number of amides is 3. The molecule has 0 saturated heterocycles. The first-order chi connectivity index (χ1) is 14.5. The second kappa shape index (κ2) is 10.3. The summed E-state index contributed by atoms with van der Waals surface area (Å²) in [5, 5.41) is 10.0. The van der Waals surface area contributed by atoms with E-state index in [0.29, 0.717) is 16.1 Å². The van der Waals surface area contributed by atoms with Crippen LogP contribution in [0.2, 0.25) is 0 Å². The molecule has 2 aromatic carbocycles. The number of thiophene rings is 1. The van der Waals surface area contributed by atoms with Gasteiger partial charge < -0.3 is 16.0 Å². The highest BCUT2D eigenvalue weighted by Gasteiger charge is 2.09. The third-order valence-corrected chi connectivity index (χ3v) is 5.03. The summed E-state index contributed by atoms with van der Waals surface area (Å²) in [6, 6.07) is 15.9. The summed E-state index contributed by atoms with van der Waals surface area (Å²) in [5.74, 6) is -1.14. The number of hydrogen-bond donors (Lipinski definition) is 3. The van der Waals surface area contributed by atoms with E-state index in [9.17, 15) is 18.8 Å². The maximum Gasteiger partial charge on any atom is 0.261 e. The molecule has 30 heavy (non-hydrogen) atoms. The molecule has 154 valence electrons. The van der Waals surface area contributed by atoms with E-state index in [0.717, 1.165) is 5.56 Å². The lowest BCUT2D eigenvalue weighted by Gasteiger charge is -2.09. The SMILES string of the molecule is O=C(CCNC(=O)c1cccs1)NCc1cccc(NC(=O)c2ccc(F)cc2)c1. The van der Waals surface area contributed by atoms with Crippen molar-refractivity contribution in [1.29, 1.82) is 0 Å². The molecule has 3 aromatic rings. The summed E-state index contributed by atoms with van der Waals surface area (Å²) in [6.07, 6.45) is 0.165. The Hall–Kier alpha value is -3.52. The first kappa shape index (κ1) is 21.2. The molecule has 0 saturated carbocycles. The molecule has 1 heterocycles. The summed E-state index contributed by atoms with van der Waals surface area (Å²) in [7, 11) is 0. The van der Waals surface area contributed by atoms with Crippen LogP contribution < -0.4 is 16.0 Å². The Morgan fingerprint density at radius 1 is 0.900 bits per heavy atom. The zero-order valence-electron chi connectivity index (χ0n) is 16.0. The van der Waals surface area contributed by atoms with Gasteiger partial charge >= 0.3 is 0 Å². The normalized spacial score (nSPS) is 10.3. The van der Waals surface area contributed by atoms with Gasteiger partial charge in [-0.1, -0.05) is 18.2 Å². The topological polar surface area (TPSA) is 87.3 Å². The molecule has 0 spiro atoms. The third kappa shape index (κ3) is 6.25. The van der Waals surface area contributed by atoms with Crippen molar-refractivity contribution in [1.82, 2.24) is 10.6 Å². The fourth-order valence-corrected chi connectivity index (χ4v) is 3.28. The van der Waals surface area contributed by atoms with E-state index in [1.807, 2.05) is 11.4 Å². The molecule has 0 aliphatic heterocycles. The predicted octanol–water partition coefficient (Wildman–Crippen LogP) is 3.58. The molecule has 0 bridgehead atoms. The van der Waals surface area contributed by atoms with Gasteiger partial charge in [0.2, 0.25) is 5.91 Å². The fourth-order valence-electron chi connectivity index (χ4n) is 2.64. The summed E-state index contributed by atoms with van der Waals surface area (Å²) < 4.78 is 13.0. The van der Waals surface area contributed by atoms with Crippen molar-refractivity contribution in [2.75, 3.05) is 11.9 Å². The number of carbonyl (C=O) groups excluding carboxylic acids is 3. The highest BCUT2D eigenvalue weighted by Crippen LogP contribution is 2.13. The number of carbonyl (C=O) groups is 3. The lowest BCUT2D eigenvalue weighted by Crippen LogP contribution is -2.30.